The second-order valence-corrected chi connectivity index (χ2v) is 8.59. The molecule has 1 aliphatic rings. The van der Waals surface area contributed by atoms with Crippen molar-refractivity contribution in [2.75, 3.05) is 11.6 Å². The normalized spacial score (nSPS) is 14.3. The summed E-state index contributed by atoms with van der Waals surface area (Å²) in [4.78, 5) is 24.3. The van der Waals surface area contributed by atoms with Gasteiger partial charge in [-0.15, -0.1) is 0 Å². The van der Waals surface area contributed by atoms with Crippen LogP contribution in [0.15, 0.2) is 81.9 Å². The van der Waals surface area contributed by atoms with E-state index in [2.05, 4.69) is 21.0 Å². The summed E-state index contributed by atoms with van der Waals surface area (Å²) in [6, 6.07) is 19.5. The van der Waals surface area contributed by atoms with Crippen molar-refractivity contribution in [1.82, 2.24) is 0 Å². The second-order valence-electron chi connectivity index (χ2n) is 7.74. The minimum atomic E-state index is -1.03. The van der Waals surface area contributed by atoms with Gasteiger partial charge in [-0.3, -0.25) is 4.79 Å². The molecule has 0 saturated carbocycles. The molecule has 0 saturated heterocycles. The van der Waals surface area contributed by atoms with Crippen molar-refractivity contribution < 1.29 is 24.2 Å². The third-order valence-corrected chi connectivity index (χ3v) is 6.01. The van der Waals surface area contributed by atoms with Crippen LogP contribution in [0.4, 0.5) is 5.69 Å². The lowest BCUT2D eigenvalue weighted by Crippen LogP contribution is -2.21. The minimum Gasteiger partial charge on any atom is -0.490 e. The number of rotatable bonds is 8. The molecule has 0 fully saturated rings. The number of carboxylic acids is 1. The number of amides is 1. The van der Waals surface area contributed by atoms with E-state index >= 15 is 0 Å². The van der Waals surface area contributed by atoms with Gasteiger partial charge in [-0.05, 0) is 67.4 Å². The first-order valence-electron chi connectivity index (χ1n) is 11.0. The van der Waals surface area contributed by atoms with E-state index in [4.69, 9.17) is 14.6 Å². The summed E-state index contributed by atoms with van der Waals surface area (Å²) in [5, 5.41) is 14.7. The molecule has 1 amide bonds. The van der Waals surface area contributed by atoms with Gasteiger partial charge in [0.15, 0.2) is 11.5 Å². The fourth-order valence-electron chi connectivity index (χ4n) is 3.54. The molecule has 8 heteroatoms. The first-order chi connectivity index (χ1) is 16.9. The molecular weight excluding hydrogens is 512 g/mol. The number of benzene rings is 3. The first-order valence-corrected chi connectivity index (χ1v) is 11.7. The quantitative estimate of drug-likeness (QED) is 0.361. The minimum absolute atomic E-state index is 0.138. The van der Waals surface area contributed by atoms with Crippen molar-refractivity contribution in [3.8, 4) is 11.5 Å². The summed E-state index contributed by atoms with van der Waals surface area (Å²) in [7, 11) is 0. The Balaban J connectivity index is 1.60. The van der Waals surface area contributed by atoms with Gasteiger partial charge >= 0.3 is 5.97 Å². The number of hydrazone groups is 1. The zero-order chi connectivity index (χ0) is 24.9. The monoisotopic (exact) mass is 534 g/mol. The van der Waals surface area contributed by atoms with Crippen LogP contribution < -0.4 is 14.5 Å². The number of carboxylic acid groups (broad SMARTS) is 1. The summed E-state index contributed by atoms with van der Waals surface area (Å²) in [6.45, 7) is 4.50. The molecule has 0 unspecified atom stereocenters. The maximum Gasteiger partial charge on any atom is 0.335 e. The fraction of sp³-hybridized carbons (Fsp3) is 0.148. The highest BCUT2D eigenvalue weighted by Crippen LogP contribution is 2.36. The van der Waals surface area contributed by atoms with E-state index in [9.17, 15) is 9.59 Å². The van der Waals surface area contributed by atoms with Crippen molar-refractivity contribution in [3.05, 3.63) is 93.5 Å². The number of hydrogen-bond acceptors (Lipinski definition) is 5. The number of aromatic carboxylic acids is 1. The number of anilines is 1. The van der Waals surface area contributed by atoms with Crippen LogP contribution in [0.3, 0.4) is 0 Å². The van der Waals surface area contributed by atoms with Gasteiger partial charge in [-0.25, -0.2) is 4.79 Å². The van der Waals surface area contributed by atoms with Gasteiger partial charge in [0.25, 0.3) is 5.91 Å². The molecule has 7 nitrogen and oxygen atoms in total. The molecular formula is C27H23BrN2O5. The highest BCUT2D eigenvalue weighted by atomic mass is 79.9. The fourth-order valence-corrected chi connectivity index (χ4v) is 3.97. The van der Waals surface area contributed by atoms with E-state index in [1.54, 1.807) is 25.1 Å². The maximum atomic E-state index is 13.1. The summed E-state index contributed by atoms with van der Waals surface area (Å²) < 4.78 is 12.6. The molecule has 178 valence electrons. The van der Waals surface area contributed by atoms with Crippen molar-refractivity contribution in [1.29, 1.82) is 0 Å². The van der Waals surface area contributed by atoms with Gasteiger partial charge in [-0.1, -0.05) is 46.3 Å². The Labute approximate surface area is 211 Å². The topological polar surface area (TPSA) is 88.4 Å². The van der Waals surface area contributed by atoms with Crippen LogP contribution in [0.5, 0.6) is 11.5 Å². The highest BCUT2D eigenvalue weighted by Gasteiger charge is 2.29. The lowest BCUT2D eigenvalue weighted by molar-refractivity contribution is -0.114. The molecule has 1 N–H and O–H groups in total. The van der Waals surface area contributed by atoms with Gasteiger partial charge in [0.1, 0.15) is 6.61 Å². The lowest BCUT2D eigenvalue weighted by atomic mass is 10.1. The molecule has 0 aromatic heterocycles. The van der Waals surface area contributed by atoms with Gasteiger partial charge in [-0.2, -0.15) is 10.1 Å². The predicted octanol–water partition coefficient (Wildman–Crippen LogP) is 5.93. The van der Waals surface area contributed by atoms with Crippen LogP contribution in [0.25, 0.3) is 6.08 Å². The Morgan fingerprint density at radius 3 is 2.40 bits per heavy atom. The van der Waals surface area contributed by atoms with Crippen molar-refractivity contribution in [2.24, 2.45) is 5.10 Å². The van der Waals surface area contributed by atoms with Crippen LogP contribution in [-0.4, -0.2) is 29.3 Å². The largest absolute Gasteiger partial charge is 0.490 e. The van der Waals surface area contributed by atoms with E-state index in [-0.39, 0.29) is 11.5 Å². The number of halogens is 1. The summed E-state index contributed by atoms with van der Waals surface area (Å²) in [5.41, 5.74) is 3.37. The van der Waals surface area contributed by atoms with E-state index in [0.717, 1.165) is 15.6 Å². The van der Waals surface area contributed by atoms with E-state index in [1.165, 1.54) is 17.1 Å². The van der Waals surface area contributed by atoms with Crippen molar-refractivity contribution >= 4 is 45.3 Å². The van der Waals surface area contributed by atoms with E-state index in [0.29, 0.717) is 41.7 Å². The van der Waals surface area contributed by atoms with Crippen LogP contribution in [0, 0.1) is 0 Å². The van der Waals surface area contributed by atoms with Gasteiger partial charge in [0, 0.05) is 4.47 Å². The Kier molecular flexibility index (Phi) is 7.31. The molecule has 1 aliphatic heterocycles. The van der Waals surface area contributed by atoms with Gasteiger partial charge in [0.2, 0.25) is 0 Å². The molecule has 35 heavy (non-hydrogen) atoms. The molecule has 1 heterocycles. The summed E-state index contributed by atoms with van der Waals surface area (Å²) in [5.74, 6) is -0.178. The zero-order valence-corrected chi connectivity index (χ0v) is 20.8. The molecule has 0 spiro atoms. The Hall–Kier alpha value is -3.91. The number of carbonyl (C=O) groups excluding carboxylic acids is 1. The van der Waals surface area contributed by atoms with Gasteiger partial charge < -0.3 is 14.6 Å². The molecule has 0 radical (unpaired) electrons. The smallest absolute Gasteiger partial charge is 0.335 e. The number of hydrogen-bond donors (Lipinski definition) is 1. The maximum absolute atomic E-state index is 13.1. The van der Waals surface area contributed by atoms with Crippen molar-refractivity contribution in [2.45, 2.75) is 20.5 Å². The first kappa shape index (κ1) is 24.2. The SMILES string of the molecule is CCOc1cc(/C=C2\C(=O)N(c3ccc(C(=O)O)cc3)N=C2C)c(Br)cc1OCc1ccccc1. The summed E-state index contributed by atoms with van der Waals surface area (Å²) >= 11 is 3.59. The average molecular weight is 535 g/mol. The predicted molar refractivity (Wildman–Crippen MR) is 138 cm³/mol. The van der Waals surface area contributed by atoms with E-state index in [1.807, 2.05) is 49.4 Å². The number of carbonyl (C=O) groups is 2. The van der Waals surface area contributed by atoms with Crippen LogP contribution in [0.2, 0.25) is 0 Å². The molecule has 3 aromatic carbocycles. The second kappa shape index (κ2) is 10.6. The zero-order valence-electron chi connectivity index (χ0n) is 19.2. The third kappa shape index (κ3) is 5.44. The van der Waals surface area contributed by atoms with Crippen LogP contribution >= 0.6 is 15.9 Å². The van der Waals surface area contributed by atoms with E-state index < -0.39 is 5.97 Å². The summed E-state index contributed by atoms with van der Waals surface area (Å²) in [6.07, 6.45) is 1.75. The molecule has 0 bridgehead atoms. The third-order valence-electron chi connectivity index (χ3n) is 5.32. The average Bonchev–Trinajstić information content (AvgIpc) is 3.14. The van der Waals surface area contributed by atoms with Crippen LogP contribution in [0.1, 0.15) is 35.3 Å². The highest BCUT2D eigenvalue weighted by molar-refractivity contribution is 9.10. The Morgan fingerprint density at radius 2 is 1.74 bits per heavy atom. The number of nitrogens with zero attached hydrogens (tertiary/aromatic N) is 2. The lowest BCUT2D eigenvalue weighted by Gasteiger charge is -2.15. The Bertz CT molecular complexity index is 1320. The number of ether oxygens (including phenoxy) is 2. The molecule has 0 aliphatic carbocycles. The van der Waals surface area contributed by atoms with Gasteiger partial charge in [0.05, 0.1) is 29.1 Å². The Morgan fingerprint density at radius 1 is 1.06 bits per heavy atom. The molecule has 0 atom stereocenters. The molecule has 3 aromatic rings. The standard InChI is InChI=1S/C27H23BrN2O5/c1-3-34-24-14-20(23(28)15-25(24)35-16-18-7-5-4-6-8-18)13-22-17(2)29-30(26(22)31)21-11-9-19(10-12-21)27(32)33/h4-15H,3,16H2,1-2H3,(H,32,33)/b22-13-. The van der Waals surface area contributed by atoms with Crippen molar-refractivity contribution in [3.63, 3.8) is 0 Å². The van der Waals surface area contributed by atoms with Crippen LogP contribution in [-0.2, 0) is 11.4 Å². The molecule has 4 rings (SSSR count).